The Balaban J connectivity index is 2.07. The minimum absolute atomic E-state index is 0.218. The van der Waals surface area contributed by atoms with Crippen molar-refractivity contribution in [2.45, 2.75) is 30.7 Å². The average molecular weight is 441 g/mol. The summed E-state index contributed by atoms with van der Waals surface area (Å²) in [6, 6.07) is 5.67. The normalized spacial score (nSPS) is 30.7. The van der Waals surface area contributed by atoms with Gasteiger partial charge in [0.2, 0.25) is 6.29 Å². The Hall–Kier alpha value is -1.09. The Kier molecular flexibility index (Phi) is 6.46. The molecule has 1 heterocycles. The van der Waals surface area contributed by atoms with E-state index in [1.54, 1.807) is 0 Å². The van der Waals surface area contributed by atoms with E-state index in [0.717, 1.165) is 0 Å². The lowest BCUT2D eigenvalue weighted by atomic mass is 9.99. The van der Waals surface area contributed by atoms with Gasteiger partial charge in [-0.2, -0.15) is 4.91 Å². The van der Waals surface area contributed by atoms with Crippen LogP contribution in [0.15, 0.2) is 29.4 Å². The second-order valence-electron chi connectivity index (χ2n) is 4.76. The van der Waals surface area contributed by atoms with Gasteiger partial charge in [0.25, 0.3) is 0 Å². The maximum Gasteiger partial charge on any atom is 0.229 e. The van der Waals surface area contributed by atoms with Crippen molar-refractivity contribution < 1.29 is 28.0 Å². The van der Waals surface area contributed by atoms with Crippen molar-refractivity contribution >= 4 is 28.7 Å². The Morgan fingerprint density at radius 2 is 1.87 bits per heavy atom. The molecule has 0 amide bonds. The molecule has 0 aliphatic carbocycles. The van der Waals surface area contributed by atoms with Gasteiger partial charge in [-0.25, -0.2) is 3.17 Å². The summed E-state index contributed by atoms with van der Waals surface area (Å²) in [5.41, 5.74) is 0.218. The standard InChI is InChI=1S/C12H14IN2O8/c13-23-15(20)6-1-3-7(4-2-6)21-12-11(18)10(17)9(16)8(22-12)5-14-19/h1-4,8-12,16-18H,5H2/q-1/t8-,9-,10+,11-,12-/m1/s1. The van der Waals surface area contributed by atoms with E-state index in [4.69, 9.17) is 9.47 Å². The topological polar surface area (TPSA) is 144 Å². The number of benzene rings is 1. The van der Waals surface area contributed by atoms with Gasteiger partial charge in [0.1, 0.15) is 59.7 Å². The summed E-state index contributed by atoms with van der Waals surface area (Å²) in [4.78, 5) is 10.3. The molecule has 23 heavy (non-hydrogen) atoms. The van der Waals surface area contributed by atoms with Gasteiger partial charge in [-0.3, -0.25) is 0 Å². The summed E-state index contributed by atoms with van der Waals surface area (Å²) >= 11 is 1.43. The maximum atomic E-state index is 11.2. The van der Waals surface area contributed by atoms with E-state index in [0.29, 0.717) is 0 Å². The van der Waals surface area contributed by atoms with Crippen LogP contribution < -0.4 is 9.96 Å². The van der Waals surface area contributed by atoms with Crippen LogP contribution in [0.4, 0.5) is 5.69 Å². The molecule has 1 aromatic rings. The molecule has 128 valence electrons. The number of hydrogen-bond acceptors (Lipinski definition) is 10. The largest absolute Gasteiger partial charge is 0.733 e. The molecule has 10 nitrogen and oxygen atoms in total. The third kappa shape index (κ3) is 4.26. The molecular weight excluding hydrogens is 427 g/mol. The highest BCUT2D eigenvalue weighted by molar-refractivity contribution is 14.1. The van der Waals surface area contributed by atoms with E-state index in [9.17, 15) is 25.4 Å². The fraction of sp³-hybridized carbons (Fsp3) is 0.500. The number of hydrogen-bond donors (Lipinski definition) is 3. The second-order valence-corrected chi connectivity index (χ2v) is 5.16. The third-order valence-electron chi connectivity index (χ3n) is 3.29. The molecule has 5 atom stereocenters. The molecule has 0 bridgehead atoms. The Morgan fingerprint density at radius 3 is 2.43 bits per heavy atom. The quantitative estimate of drug-likeness (QED) is 0.321. The Morgan fingerprint density at radius 1 is 1.22 bits per heavy atom. The van der Waals surface area contributed by atoms with Crippen LogP contribution in [0.1, 0.15) is 0 Å². The lowest BCUT2D eigenvalue weighted by Gasteiger charge is -2.39. The van der Waals surface area contributed by atoms with Crippen LogP contribution in [0.5, 0.6) is 5.75 Å². The first-order valence-electron chi connectivity index (χ1n) is 6.49. The third-order valence-corrected chi connectivity index (χ3v) is 3.64. The molecule has 2 rings (SSSR count). The van der Waals surface area contributed by atoms with Gasteiger partial charge in [0.15, 0.2) is 0 Å². The number of anilines is 1. The molecule has 3 N–H and O–H groups in total. The van der Waals surface area contributed by atoms with Gasteiger partial charge >= 0.3 is 0 Å². The SMILES string of the molecule is O=NC[C@H]1O[C@@H](Oc2ccc(N([O-])OI)cc2)[C@H](O)[C@@H](O)[C@@H]1O. The molecule has 0 aromatic heterocycles. The molecule has 0 spiro atoms. The zero-order valence-electron chi connectivity index (χ0n) is 11.6. The van der Waals surface area contributed by atoms with E-state index in [-0.39, 0.29) is 16.7 Å². The Labute approximate surface area is 144 Å². The van der Waals surface area contributed by atoms with Crippen LogP contribution in [0.3, 0.4) is 0 Å². The van der Waals surface area contributed by atoms with Crippen LogP contribution >= 0.6 is 23.0 Å². The van der Waals surface area contributed by atoms with Gasteiger partial charge < -0.3 is 35.2 Å². The number of nitrogens with zero attached hydrogens (tertiary/aromatic N) is 2. The summed E-state index contributed by atoms with van der Waals surface area (Å²) in [7, 11) is 0. The first-order chi connectivity index (χ1) is 11.0. The van der Waals surface area contributed by atoms with Gasteiger partial charge in [-0.05, 0) is 24.3 Å². The van der Waals surface area contributed by atoms with Crippen LogP contribution in [-0.4, -0.2) is 52.6 Å². The first kappa shape index (κ1) is 18.3. The number of aliphatic hydroxyl groups excluding tert-OH is 3. The van der Waals surface area contributed by atoms with Crippen molar-refractivity contribution in [2.24, 2.45) is 5.18 Å². The predicted octanol–water partition coefficient (Wildman–Crippen LogP) is 0.225. The van der Waals surface area contributed by atoms with Gasteiger partial charge in [0.05, 0.1) is 5.69 Å². The lowest BCUT2D eigenvalue weighted by Crippen LogP contribution is -2.59. The number of rotatable bonds is 6. The van der Waals surface area contributed by atoms with Crippen LogP contribution in [-0.2, 0) is 7.90 Å². The summed E-state index contributed by atoms with van der Waals surface area (Å²) in [6.07, 6.45) is -6.94. The molecule has 11 heteroatoms. The first-order valence-corrected chi connectivity index (χ1v) is 7.37. The summed E-state index contributed by atoms with van der Waals surface area (Å²) in [6.45, 7) is -0.401. The minimum atomic E-state index is -1.55. The molecule has 1 saturated heterocycles. The fourth-order valence-corrected chi connectivity index (χ4v) is 2.29. The molecule has 0 saturated carbocycles. The molecule has 0 unspecified atom stereocenters. The van der Waals surface area contributed by atoms with Crippen molar-refractivity contribution in [3.63, 3.8) is 0 Å². The molecular formula is C12H14IN2O8-. The highest BCUT2D eigenvalue weighted by Crippen LogP contribution is 2.26. The van der Waals surface area contributed by atoms with E-state index in [2.05, 4.69) is 8.34 Å². The van der Waals surface area contributed by atoms with Crippen molar-refractivity contribution in [3.05, 3.63) is 34.4 Å². The molecule has 1 aliphatic heterocycles. The van der Waals surface area contributed by atoms with Crippen molar-refractivity contribution in [3.8, 4) is 5.75 Å². The maximum absolute atomic E-state index is 11.2. The highest BCUT2D eigenvalue weighted by atomic mass is 127. The van der Waals surface area contributed by atoms with Crippen molar-refractivity contribution in [1.29, 1.82) is 0 Å². The predicted molar refractivity (Wildman–Crippen MR) is 85.4 cm³/mol. The lowest BCUT2D eigenvalue weighted by molar-refractivity contribution is -0.269. The zero-order valence-corrected chi connectivity index (χ0v) is 13.7. The van der Waals surface area contributed by atoms with E-state index < -0.39 is 37.3 Å². The van der Waals surface area contributed by atoms with Gasteiger partial charge in [-0.1, -0.05) is 5.18 Å². The summed E-state index contributed by atoms with van der Waals surface area (Å²) in [5.74, 6) is 0.237. The molecule has 1 fully saturated rings. The molecule has 1 aliphatic rings. The van der Waals surface area contributed by atoms with Gasteiger partial charge in [0, 0.05) is 0 Å². The Bertz CT molecular complexity index is 518. The molecule has 1 aromatic carbocycles. The van der Waals surface area contributed by atoms with E-state index in [1.807, 2.05) is 0 Å². The number of halogens is 1. The molecule has 0 radical (unpaired) electrons. The highest BCUT2D eigenvalue weighted by Gasteiger charge is 2.45. The van der Waals surface area contributed by atoms with Crippen LogP contribution in [0, 0.1) is 10.1 Å². The fourth-order valence-electron chi connectivity index (χ4n) is 2.06. The van der Waals surface area contributed by atoms with E-state index >= 15 is 0 Å². The van der Waals surface area contributed by atoms with Crippen molar-refractivity contribution in [1.82, 2.24) is 0 Å². The van der Waals surface area contributed by atoms with Crippen LogP contribution in [0.25, 0.3) is 0 Å². The van der Waals surface area contributed by atoms with E-state index in [1.165, 1.54) is 47.3 Å². The monoisotopic (exact) mass is 441 g/mol. The minimum Gasteiger partial charge on any atom is -0.733 e. The summed E-state index contributed by atoms with van der Waals surface area (Å²) < 4.78 is 15.1. The summed E-state index contributed by atoms with van der Waals surface area (Å²) in [5, 5.41) is 43.5. The second kappa shape index (κ2) is 8.14. The smallest absolute Gasteiger partial charge is 0.229 e. The van der Waals surface area contributed by atoms with Gasteiger partial charge in [-0.15, -0.1) is 0 Å². The number of ether oxygens (including phenoxy) is 2. The zero-order chi connectivity index (χ0) is 17.0. The number of nitroso groups, excluding NO2 is 1. The van der Waals surface area contributed by atoms with Crippen molar-refractivity contribution in [2.75, 3.05) is 11.8 Å². The average Bonchev–Trinajstić information content (AvgIpc) is 2.57. The van der Waals surface area contributed by atoms with Crippen LogP contribution in [0.2, 0.25) is 0 Å². The number of aliphatic hydroxyl groups is 3.